The summed E-state index contributed by atoms with van der Waals surface area (Å²) < 4.78 is 22.2. The van der Waals surface area contributed by atoms with Gasteiger partial charge in [0, 0.05) is 41.5 Å². The van der Waals surface area contributed by atoms with Crippen LogP contribution in [0.4, 0.5) is 0 Å². The number of para-hydroxylation sites is 2. The van der Waals surface area contributed by atoms with Gasteiger partial charge in [0.15, 0.2) is 23.0 Å². The first-order valence-corrected chi connectivity index (χ1v) is 12.6. The summed E-state index contributed by atoms with van der Waals surface area (Å²) in [5.74, 6) is 2.57. The minimum absolute atomic E-state index is 0.0250. The van der Waals surface area contributed by atoms with Crippen LogP contribution in [-0.2, 0) is 17.6 Å². The van der Waals surface area contributed by atoms with E-state index in [1.54, 1.807) is 14.2 Å². The molecule has 192 valence electrons. The highest BCUT2D eigenvalue weighted by Gasteiger charge is 2.28. The first kappa shape index (κ1) is 24.6. The number of benzene rings is 3. The van der Waals surface area contributed by atoms with Gasteiger partial charge in [0.05, 0.1) is 14.2 Å². The fourth-order valence-corrected chi connectivity index (χ4v) is 5.08. The summed E-state index contributed by atoms with van der Waals surface area (Å²) in [7, 11) is 3.23. The normalized spacial score (nSPS) is 12.9. The van der Waals surface area contributed by atoms with Crippen LogP contribution in [0.5, 0.6) is 23.0 Å². The van der Waals surface area contributed by atoms with Crippen LogP contribution in [0, 0.1) is 0 Å². The number of hydrogen-bond acceptors (Lipinski definition) is 5. The van der Waals surface area contributed by atoms with Crippen LogP contribution in [0.15, 0.2) is 60.8 Å². The molecule has 0 spiro atoms. The van der Waals surface area contributed by atoms with Crippen LogP contribution in [0.1, 0.15) is 41.5 Å². The standard InChI is InChI=1S/C30H32N2O5/c1-4-20-7-5-8-21-24(17-32-29(20)21)23(22-9-6-10-26-30(22)37-18-36-26)16-28(33)31-14-13-19-11-12-25(34-2)27(15-19)35-3/h5-12,15,17,23,32H,4,13-14,16,18H2,1-3H3,(H,31,33). The molecule has 2 N–H and O–H groups in total. The monoisotopic (exact) mass is 500 g/mol. The zero-order chi connectivity index (χ0) is 25.8. The lowest BCUT2D eigenvalue weighted by atomic mass is 9.86. The molecule has 37 heavy (non-hydrogen) atoms. The molecule has 1 aliphatic heterocycles. The maximum absolute atomic E-state index is 13.3. The Kier molecular flexibility index (Phi) is 7.21. The minimum atomic E-state index is -0.196. The number of hydrogen-bond donors (Lipinski definition) is 2. The first-order chi connectivity index (χ1) is 18.1. The maximum atomic E-state index is 13.3. The van der Waals surface area contributed by atoms with Crippen molar-refractivity contribution in [3.8, 4) is 23.0 Å². The molecule has 7 heteroatoms. The highest BCUT2D eigenvalue weighted by atomic mass is 16.7. The van der Waals surface area contributed by atoms with E-state index in [0.29, 0.717) is 36.0 Å². The van der Waals surface area contributed by atoms with Crippen LogP contribution in [0.25, 0.3) is 10.9 Å². The molecule has 1 amide bonds. The molecule has 1 atom stereocenters. The third-order valence-electron chi connectivity index (χ3n) is 6.97. The topological polar surface area (TPSA) is 81.8 Å². The Bertz CT molecular complexity index is 1410. The summed E-state index contributed by atoms with van der Waals surface area (Å²) >= 11 is 0. The molecule has 5 rings (SSSR count). The SMILES string of the molecule is CCc1cccc2c(C(CC(=O)NCCc3ccc(OC)c(OC)c3)c3cccc4c3OCO4)c[nH]c12. The van der Waals surface area contributed by atoms with E-state index in [2.05, 4.69) is 35.4 Å². The van der Waals surface area contributed by atoms with Gasteiger partial charge in [0.25, 0.3) is 0 Å². The first-order valence-electron chi connectivity index (χ1n) is 12.6. The van der Waals surface area contributed by atoms with Crippen LogP contribution in [-0.4, -0.2) is 38.4 Å². The van der Waals surface area contributed by atoms with Gasteiger partial charge in [-0.2, -0.15) is 0 Å². The molecule has 2 heterocycles. The molecular formula is C30H32N2O5. The zero-order valence-corrected chi connectivity index (χ0v) is 21.4. The molecule has 0 saturated heterocycles. The van der Waals surface area contributed by atoms with Gasteiger partial charge in [0.1, 0.15) is 0 Å². The Morgan fingerprint density at radius 1 is 1.03 bits per heavy atom. The number of carbonyl (C=O) groups excluding carboxylic acids is 1. The van der Waals surface area contributed by atoms with Crippen molar-refractivity contribution in [2.24, 2.45) is 0 Å². The van der Waals surface area contributed by atoms with Crippen molar-refractivity contribution in [3.63, 3.8) is 0 Å². The van der Waals surface area contributed by atoms with E-state index >= 15 is 0 Å². The van der Waals surface area contributed by atoms with Crippen molar-refractivity contribution in [2.45, 2.75) is 32.1 Å². The number of aromatic amines is 1. The molecule has 0 radical (unpaired) electrons. The van der Waals surface area contributed by atoms with Crippen LogP contribution in [0.2, 0.25) is 0 Å². The Morgan fingerprint density at radius 3 is 2.68 bits per heavy atom. The summed E-state index contributed by atoms with van der Waals surface area (Å²) in [6, 6.07) is 18.0. The number of rotatable bonds is 10. The van der Waals surface area contributed by atoms with Crippen molar-refractivity contribution in [1.82, 2.24) is 10.3 Å². The molecule has 1 unspecified atom stereocenters. The number of nitrogens with one attached hydrogen (secondary N) is 2. The van der Waals surface area contributed by atoms with Gasteiger partial charge in [-0.05, 0) is 47.7 Å². The number of aromatic nitrogens is 1. The number of carbonyl (C=O) groups is 1. The molecule has 0 bridgehead atoms. The van der Waals surface area contributed by atoms with Crippen molar-refractivity contribution < 1.29 is 23.7 Å². The smallest absolute Gasteiger partial charge is 0.231 e. The molecule has 0 saturated carbocycles. The summed E-state index contributed by atoms with van der Waals surface area (Å²) in [6.07, 6.45) is 3.92. The van der Waals surface area contributed by atoms with E-state index in [9.17, 15) is 4.79 Å². The fourth-order valence-electron chi connectivity index (χ4n) is 5.08. The van der Waals surface area contributed by atoms with Gasteiger partial charge in [-0.3, -0.25) is 4.79 Å². The molecule has 0 aliphatic carbocycles. The van der Waals surface area contributed by atoms with Crippen molar-refractivity contribution in [3.05, 3.63) is 83.0 Å². The lowest BCUT2D eigenvalue weighted by molar-refractivity contribution is -0.121. The number of ether oxygens (including phenoxy) is 4. The van der Waals surface area contributed by atoms with Gasteiger partial charge in [-0.15, -0.1) is 0 Å². The number of amides is 1. The predicted octanol–water partition coefficient (Wildman–Crippen LogP) is 5.36. The number of methoxy groups -OCH3 is 2. The highest BCUT2D eigenvalue weighted by Crippen LogP contribution is 2.44. The average molecular weight is 501 g/mol. The highest BCUT2D eigenvalue weighted by molar-refractivity contribution is 5.88. The minimum Gasteiger partial charge on any atom is -0.493 e. The van der Waals surface area contributed by atoms with Gasteiger partial charge in [-0.25, -0.2) is 0 Å². The Balaban J connectivity index is 1.38. The molecule has 7 nitrogen and oxygen atoms in total. The lowest BCUT2D eigenvalue weighted by Crippen LogP contribution is -2.27. The summed E-state index contributed by atoms with van der Waals surface area (Å²) in [5.41, 5.74) is 5.45. The van der Waals surface area contributed by atoms with E-state index in [1.165, 1.54) is 5.56 Å². The van der Waals surface area contributed by atoms with Gasteiger partial charge < -0.3 is 29.2 Å². The fraction of sp³-hybridized carbons (Fsp3) is 0.300. The third-order valence-corrected chi connectivity index (χ3v) is 6.97. The van der Waals surface area contributed by atoms with Crippen molar-refractivity contribution in [2.75, 3.05) is 27.6 Å². The lowest BCUT2D eigenvalue weighted by Gasteiger charge is -2.19. The second kappa shape index (κ2) is 10.9. The molecule has 1 aliphatic rings. The summed E-state index contributed by atoms with van der Waals surface area (Å²) in [5, 5.41) is 4.23. The van der Waals surface area contributed by atoms with Crippen LogP contribution in [0.3, 0.4) is 0 Å². The van der Waals surface area contributed by atoms with Crippen LogP contribution < -0.4 is 24.3 Å². The largest absolute Gasteiger partial charge is 0.493 e. The molecule has 1 aromatic heterocycles. The number of aryl methyl sites for hydroxylation is 1. The van der Waals surface area contributed by atoms with Crippen LogP contribution >= 0.6 is 0 Å². The van der Waals surface area contributed by atoms with Gasteiger partial charge in [-0.1, -0.05) is 43.3 Å². The van der Waals surface area contributed by atoms with Crippen molar-refractivity contribution in [1.29, 1.82) is 0 Å². The third kappa shape index (κ3) is 4.94. The Morgan fingerprint density at radius 2 is 1.86 bits per heavy atom. The average Bonchev–Trinajstić information content (AvgIpc) is 3.59. The molecule has 3 aromatic carbocycles. The zero-order valence-electron chi connectivity index (χ0n) is 21.4. The van der Waals surface area contributed by atoms with E-state index in [-0.39, 0.29) is 25.0 Å². The predicted molar refractivity (Wildman–Crippen MR) is 143 cm³/mol. The van der Waals surface area contributed by atoms with E-state index in [0.717, 1.165) is 34.0 Å². The number of fused-ring (bicyclic) bond motifs is 2. The summed E-state index contributed by atoms with van der Waals surface area (Å²) in [6.45, 7) is 2.85. The molecule has 4 aromatic rings. The quantitative estimate of drug-likeness (QED) is 0.307. The maximum Gasteiger partial charge on any atom is 0.231 e. The van der Waals surface area contributed by atoms with Crippen molar-refractivity contribution >= 4 is 16.8 Å². The van der Waals surface area contributed by atoms with Gasteiger partial charge in [0.2, 0.25) is 12.7 Å². The van der Waals surface area contributed by atoms with E-state index in [4.69, 9.17) is 18.9 Å². The summed E-state index contributed by atoms with van der Waals surface area (Å²) in [4.78, 5) is 16.7. The molecule has 0 fully saturated rings. The second-order valence-corrected chi connectivity index (χ2v) is 9.06. The second-order valence-electron chi connectivity index (χ2n) is 9.06. The van der Waals surface area contributed by atoms with Gasteiger partial charge >= 0.3 is 0 Å². The molecular weight excluding hydrogens is 468 g/mol. The van der Waals surface area contributed by atoms with E-state index in [1.807, 2.05) is 42.6 Å². The Hall–Kier alpha value is -4.13. The number of H-pyrrole nitrogens is 1. The van der Waals surface area contributed by atoms with E-state index < -0.39 is 0 Å². The Labute approximate surface area is 216 Å².